The van der Waals surface area contributed by atoms with Gasteiger partial charge in [0.25, 0.3) is 0 Å². The molecule has 0 aliphatic rings. The third kappa shape index (κ3) is 3.28. The van der Waals surface area contributed by atoms with Crippen LogP contribution in [0.15, 0.2) is 54.7 Å². The van der Waals surface area contributed by atoms with Crippen LogP contribution < -0.4 is 4.74 Å². The van der Waals surface area contributed by atoms with Crippen LogP contribution in [0.25, 0.3) is 22.4 Å². The molecule has 25 heavy (non-hydrogen) atoms. The smallest absolute Gasteiger partial charge is 0.376 e. The number of nitrogens with zero attached hydrogens (tertiary/aromatic N) is 2. The Labute approximate surface area is 144 Å². The van der Waals surface area contributed by atoms with Crippen LogP contribution in [0.5, 0.6) is 11.5 Å². The summed E-state index contributed by atoms with van der Waals surface area (Å²) in [4.78, 5) is 20.2. The quantitative estimate of drug-likeness (QED) is 0.736. The fraction of sp³-hybridized carbons (Fsp3) is 0.105. The molecule has 1 heterocycles. The summed E-state index contributed by atoms with van der Waals surface area (Å²) < 4.78 is 9.86. The van der Waals surface area contributed by atoms with Gasteiger partial charge in [0.05, 0.1) is 19.9 Å². The number of para-hydroxylation sites is 1. The molecule has 0 fully saturated rings. The number of aromatic hydroxyl groups is 1. The van der Waals surface area contributed by atoms with Gasteiger partial charge in [-0.3, -0.25) is 0 Å². The van der Waals surface area contributed by atoms with Crippen molar-refractivity contribution in [2.24, 2.45) is 0 Å². The molecular formula is C19H16N2O4. The largest absolute Gasteiger partial charge is 0.507 e. The first-order valence-electron chi connectivity index (χ1n) is 7.52. The van der Waals surface area contributed by atoms with Gasteiger partial charge >= 0.3 is 5.97 Å². The van der Waals surface area contributed by atoms with Crippen LogP contribution in [0.1, 0.15) is 10.6 Å². The van der Waals surface area contributed by atoms with Crippen molar-refractivity contribution in [1.29, 1.82) is 0 Å². The fourth-order valence-electron chi connectivity index (χ4n) is 2.43. The lowest BCUT2D eigenvalue weighted by Crippen LogP contribution is -2.08. The standard InChI is InChI=1S/C19H16N2O4/c1-24-13-9-7-12(8-10-13)15-11-20-18(19(23)25-2)21-17(15)14-5-3-4-6-16(14)22/h3-11,22H,1-2H3. The summed E-state index contributed by atoms with van der Waals surface area (Å²) in [5, 5.41) is 10.2. The molecule has 0 bridgehead atoms. The number of rotatable bonds is 4. The average Bonchev–Trinajstić information content (AvgIpc) is 2.67. The third-order valence-corrected chi connectivity index (χ3v) is 3.72. The SMILES string of the molecule is COC(=O)c1ncc(-c2ccc(OC)cc2)c(-c2ccccc2O)n1. The Balaban J connectivity index is 2.20. The van der Waals surface area contributed by atoms with E-state index in [2.05, 4.69) is 9.97 Å². The van der Waals surface area contributed by atoms with Crippen molar-refractivity contribution in [3.63, 3.8) is 0 Å². The zero-order valence-electron chi connectivity index (χ0n) is 13.8. The molecule has 3 rings (SSSR count). The molecule has 1 aromatic heterocycles. The van der Waals surface area contributed by atoms with E-state index in [9.17, 15) is 9.90 Å². The number of hydrogen-bond donors (Lipinski definition) is 1. The molecule has 0 radical (unpaired) electrons. The van der Waals surface area contributed by atoms with Gasteiger partial charge in [-0.15, -0.1) is 0 Å². The van der Waals surface area contributed by atoms with Crippen molar-refractivity contribution in [3.05, 3.63) is 60.6 Å². The number of methoxy groups -OCH3 is 2. The number of benzene rings is 2. The summed E-state index contributed by atoms with van der Waals surface area (Å²) in [7, 11) is 2.86. The number of hydrogen-bond acceptors (Lipinski definition) is 6. The monoisotopic (exact) mass is 336 g/mol. The normalized spacial score (nSPS) is 10.3. The van der Waals surface area contributed by atoms with Gasteiger partial charge in [-0.25, -0.2) is 14.8 Å². The summed E-state index contributed by atoms with van der Waals surface area (Å²) in [6, 6.07) is 14.1. The topological polar surface area (TPSA) is 81.5 Å². The van der Waals surface area contributed by atoms with E-state index in [1.165, 1.54) is 7.11 Å². The average molecular weight is 336 g/mol. The van der Waals surface area contributed by atoms with Gasteiger partial charge < -0.3 is 14.6 Å². The second-order valence-electron chi connectivity index (χ2n) is 5.19. The maximum Gasteiger partial charge on any atom is 0.376 e. The highest BCUT2D eigenvalue weighted by atomic mass is 16.5. The van der Waals surface area contributed by atoms with E-state index in [1.54, 1.807) is 37.6 Å². The predicted octanol–water partition coefficient (Wildman–Crippen LogP) is 3.31. The second-order valence-corrected chi connectivity index (χ2v) is 5.19. The summed E-state index contributed by atoms with van der Waals surface area (Å²) in [5.41, 5.74) is 2.45. The fourth-order valence-corrected chi connectivity index (χ4v) is 2.43. The van der Waals surface area contributed by atoms with Gasteiger partial charge in [0.2, 0.25) is 5.82 Å². The maximum absolute atomic E-state index is 11.8. The molecule has 1 N–H and O–H groups in total. The van der Waals surface area contributed by atoms with E-state index >= 15 is 0 Å². The van der Waals surface area contributed by atoms with Crippen molar-refractivity contribution >= 4 is 5.97 Å². The number of aromatic nitrogens is 2. The first-order valence-corrected chi connectivity index (χ1v) is 7.52. The van der Waals surface area contributed by atoms with Crippen LogP contribution in [0.2, 0.25) is 0 Å². The molecule has 126 valence electrons. The van der Waals surface area contributed by atoms with Crippen molar-refractivity contribution in [2.45, 2.75) is 0 Å². The van der Waals surface area contributed by atoms with Crippen LogP contribution in [0.3, 0.4) is 0 Å². The van der Waals surface area contributed by atoms with Gasteiger partial charge in [-0.05, 0) is 29.8 Å². The molecule has 0 spiro atoms. The Bertz CT molecular complexity index is 908. The lowest BCUT2D eigenvalue weighted by atomic mass is 10.00. The molecule has 0 unspecified atom stereocenters. The lowest BCUT2D eigenvalue weighted by molar-refractivity contribution is 0.0587. The minimum atomic E-state index is -0.641. The lowest BCUT2D eigenvalue weighted by Gasteiger charge is -2.12. The molecule has 0 saturated carbocycles. The van der Waals surface area contributed by atoms with Crippen molar-refractivity contribution < 1.29 is 19.4 Å². The van der Waals surface area contributed by atoms with Crippen LogP contribution in [0, 0.1) is 0 Å². The summed E-state index contributed by atoms with van der Waals surface area (Å²) in [6.45, 7) is 0. The molecule has 0 aliphatic carbocycles. The van der Waals surface area contributed by atoms with E-state index < -0.39 is 5.97 Å². The molecule has 0 atom stereocenters. The minimum absolute atomic E-state index is 0.0618. The van der Waals surface area contributed by atoms with E-state index in [-0.39, 0.29) is 11.6 Å². The van der Waals surface area contributed by atoms with Crippen molar-refractivity contribution in [1.82, 2.24) is 9.97 Å². The minimum Gasteiger partial charge on any atom is -0.507 e. The van der Waals surface area contributed by atoms with Crippen molar-refractivity contribution in [2.75, 3.05) is 14.2 Å². The number of phenolic OH excluding ortho intramolecular Hbond substituents is 1. The second kappa shape index (κ2) is 7.00. The first kappa shape index (κ1) is 16.4. The van der Waals surface area contributed by atoms with Gasteiger partial charge in [0.15, 0.2) is 0 Å². The Morgan fingerprint density at radius 2 is 1.72 bits per heavy atom. The Morgan fingerprint density at radius 3 is 2.36 bits per heavy atom. The van der Waals surface area contributed by atoms with Gasteiger partial charge in [0, 0.05) is 17.3 Å². The summed E-state index contributed by atoms with van der Waals surface area (Å²) in [5.74, 6) is 0.0719. The van der Waals surface area contributed by atoms with Gasteiger partial charge in [-0.1, -0.05) is 24.3 Å². The summed E-state index contributed by atoms with van der Waals surface area (Å²) >= 11 is 0. The number of esters is 1. The maximum atomic E-state index is 11.8. The molecule has 2 aromatic carbocycles. The van der Waals surface area contributed by atoms with Gasteiger partial charge in [0.1, 0.15) is 11.5 Å². The van der Waals surface area contributed by atoms with Crippen LogP contribution >= 0.6 is 0 Å². The highest BCUT2D eigenvalue weighted by Crippen LogP contribution is 2.35. The highest BCUT2D eigenvalue weighted by molar-refractivity contribution is 5.89. The molecular weight excluding hydrogens is 320 g/mol. The molecule has 6 nitrogen and oxygen atoms in total. The number of carbonyl (C=O) groups is 1. The van der Waals surface area contributed by atoms with E-state index in [0.717, 1.165) is 11.3 Å². The molecule has 3 aromatic rings. The van der Waals surface area contributed by atoms with Gasteiger partial charge in [-0.2, -0.15) is 0 Å². The number of phenols is 1. The van der Waals surface area contributed by atoms with Crippen LogP contribution in [-0.2, 0) is 4.74 Å². The Hall–Kier alpha value is -3.41. The third-order valence-electron chi connectivity index (χ3n) is 3.72. The predicted molar refractivity (Wildman–Crippen MR) is 92.5 cm³/mol. The van der Waals surface area contributed by atoms with Crippen LogP contribution in [-0.4, -0.2) is 35.3 Å². The first-order chi connectivity index (χ1) is 12.1. The highest BCUT2D eigenvalue weighted by Gasteiger charge is 2.18. The molecule has 0 saturated heterocycles. The Morgan fingerprint density at radius 1 is 1.00 bits per heavy atom. The van der Waals surface area contributed by atoms with E-state index in [1.807, 2.05) is 24.3 Å². The zero-order valence-corrected chi connectivity index (χ0v) is 13.8. The Kier molecular flexibility index (Phi) is 4.61. The van der Waals surface area contributed by atoms with E-state index in [4.69, 9.17) is 9.47 Å². The molecule has 0 aliphatic heterocycles. The van der Waals surface area contributed by atoms with E-state index in [0.29, 0.717) is 16.8 Å². The number of ether oxygens (including phenoxy) is 2. The number of carbonyl (C=O) groups excluding carboxylic acids is 1. The zero-order chi connectivity index (χ0) is 17.8. The van der Waals surface area contributed by atoms with Crippen LogP contribution in [0.4, 0.5) is 0 Å². The summed E-state index contributed by atoms with van der Waals surface area (Å²) in [6.07, 6.45) is 1.54. The molecule has 6 heteroatoms. The molecule has 0 amide bonds. The van der Waals surface area contributed by atoms with Crippen molar-refractivity contribution in [3.8, 4) is 33.9 Å².